The van der Waals surface area contributed by atoms with Gasteiger partial charge in [-0.25, -0.2) is 4.79 Å². The molecule has 88 valence electrons. The lowest BCUT2D eigenvalue weighted by Gasteiger charge is -1.99. The van der Waals surface area contributed by atoms with Gasteiger partial charge in [-0.2, -0.15) is 11.8 Å². The van der Waals surface area contributed by atoms with Gasteiger partial charge in [0, 0.05) is 16.4 Å². The molecule has 0 aliphatic rings. The number of thiophene rings is 1. The van der Waals surface area contributed by atoms with Gasteiger partial charge in [-0.1, -0.05) is 30.3 Å². The van der Waals surface area contributed by atoms with Crippen LogP contribution >= 0.6 is 23.1 Å². The lowest BCUT2D eigenvalue weighted by Crippen LogP contribution is -1.89. The van der Waals surface area contributed by atoms with Crippen LogP contribution in [0.25, 0.3) is 0 Å². The summed E-state index contributed by atoms with van der Waals surface area (Å²) in [5.41, 5.74) is 1.30. The van der Waals surface area contributed by atoms with Gasteiger partial charge >= 0.3 is 5.97 Å². The summed E-state index contributed by atoms with van der Waals surface area (Å²) < 4.78 is 0. The van der Waals surface area contributed by atoms with Crippen LogP contribution < -0.4 is 0 Å². The van der Waals surface area contributed by atoms with Crippen LogP contribution in [0.15, 0.2) is 42.5 Å². The van der Waals surface area contributed by atoms with E-state index in [1.165, 1.54) is 16.9 Å². The minimum Gasteiger partial charge on any atom is -0.477 e. The maximum Gasteiger partial charge on any atom is 0.345 e. The van der Waals surface area contributed by atoms with Crippen molar-refractivity contribution < 1.29 is 9.90 Å². The molecule has 0 fully saturated rings. The predicted octanol–water partition coefficient (Wildman–Crippen LogP) is 3.88. The third-order valence-corrected chi connectivity index (χ3v) is 4.54. The summed E-state index contributed by atoms with van der Waals surface area (Å²) in [4.78, 5) is 12.2. The van der Waals surface area contributed by atoms with Gasteiger partial charge in [0.15, 0.2) is 0 Å². The third kappa shape index (κ3) is 3.61. The van der Waals surface area contributed by atoms with E-state index in [-0.39, 0.29) is 0 Å². The van der Waals surface area contributed by atoms with Gasteiger partial charge in [-0.15, -0.1) is 11.3 Å². The zero-order valence-electron chi connectivity index (χ0n) is 9.13. The fraction of sp³-hybridized carbons (Fsp3) is 0.154. The Balaban J connectivity index is 1.84. The number of rotatable bonds is 5. The Kier molecular flexibility index (Phi) is 4.23. The average Bonchev–Trinajstić information content (AvgIpc) is 2.79. The number of carboxylic acids is 1. The molecule has 0 saturated carbocycles. The van der Waals surface area contributed by atoms with Crippen molar-refractivity contribution in [3.05, 3.63) is 57.8 Å². The van der Waals surface area contributed by atoms with Crippen molar-refractivity contribution in [2.75, 3.05) is 0 Å². The number of hydrogen-bond acceptors (Lipinski definition) is 3. The Bertz CT molecular complexity index is 491. The second-order valence-electron chi connectivity index (χ2n) is 3.55. The smallest absolute Gasteiger partial charge is 0.345 e. The molecule has 2 rings (SSSR count). The molecule has 0 atom stereocenters. The molecule has 2 nitrogen and oxygen atoms in total. The zero-order chi connectivity index (χ0) is 12.1. The highest BCUT2D eigenvalue weighted by Crippen LogP contribution is 2.23. The first kappa shape index (κ1) is 12.2. The molecule has 17 heavy (non-hydrogen) atoms. The summed E-state index contributed by atoms with van der Waals surface area (Å²) in [5.74, 6) is 0.989. The molecule has 0 bridgehead atoms. The van der Waals surface area contributed by atoms with Crippen LogP contribution in [0.3, 0.4) is 0 Å². The van der Waals surface area contributed by atoms with Crippen LogP contribution in [-0.4, -0.2) is 11.1 Å². The fourth-order valence-electron chi connectivity index (χ4n) is 1.41. The lowest BCUT2D eigenvalue weighted by molar-refractivity contribution is 0.0702. The first-order valence-corrected chi connectivity index (χ1v) is 7.16. The largest absolute Gasteiger partial charge is 0.477 e. The second kappa shape index (κ2) is 5.89. The Morgan fingerprint density at radius 2 is 1.88 bits per heavy atom. The van der Waals surface area contributed by atoms with Crippen LogP contribution in [0.2, 0.25) is 0 Å². The van der Waals surface area contributed by atoms with Crippen LogP contribution in [0.4, 0.5) is 0 Å². The number of carbonyl (C=O) groups is 1. The van der Waals surface area contributed by atoms with Gasteiger partial charge in [0.05, 0.1) is 0 Å². The van der Waals surface area contributed by atoms with Gasteiger partial charge in [0.1, 0.15) is 4.88 Å². The molecule has 0 aliphatic carbocycles. The second-order valence-corrected chi connectivity index (χ2v) is 5.70. The maximum absolute atomic E-state index is 10.7. The highest BCUT2D eigenvalue weighted by molar-refractivity contribution is 7.97. The number of benzene rings is 1. The molecule has 2 aromatic rings. The van der Waals surface area contributed by atoms with E-state index in [0.29, 0.717) is 4.88 Å². The lowest BCUT2D eigenvalue weighted by atomic mass is 10.2. The maximum atomic E-state index is 10.7. The summed E-state index contributed by atoms with van der Waals surface area (Å²) in [6.07, 6.45) is 0. The van der Waals surface area contributed by atoms with Gasteiger partial charge in [0.25, 0.3) is 0 Å². The molecule has 1 heterocycles. The van der Waals surface area contributed by atoms with Crippen LogP contribution in [0.1, 0.15) is 20.1 Å². The molecule has 1 N–H and O–H groups in total. The van der Waals surface area contributed by atoms with E-state index in [2.05, 4.69) is 12.1 Å². The van der Waals surface area contributed by atoms with E-state index in [0.717, 1.165) is 16.4 Å². The number of thioether (sulfide) groups is 1. The standard InChI is InChI=1S/C13H12O2S2/c14-13(15)12-7-6-11(17-12)9-16-8-10-4-2-1-3-5-10/h1-7H,8-9H2,(H,14,15). The van der Waals surface area contributed by atoms with Gasteiger partial charge in [0.2, 0.25) is 0 Å². The molecule has 0 radical (unpaired) electrons. The Hall–Kier alpha value is -1.26. The molecule has 0 spiro atoms. The SMILES string of the molecule is O=C(O)c1ccc(CSCc2ccccc2)s1. The van der Waals surface area contributed by atoms with Crippen molar-refractivity contribution in [3.63, 3.8) is 0 Å². The van der Waals surface area contributed by atoms with Crippen molar-refractivity contribution in [3.8, 4) is 0 Å². The van der Waals surface area contributed by atoms with Crippen LogP contribution in [-0.2, 0) is 11.5 Å². The topological polar surface area (TPSA) is 37.3 Å². The Morgan fingerprint density at radius 3 is 2.53 bits per heavy atom. The number of aromatic carboxylic acids is 1. The predicted molar refractivity (Wildman–Crippen MR) is 72.7 cm³/mol. The van der Waals surface area contributed by atoms with E-state index < -0.39 is 5.97 Å². The number of carboxylic acid groups (broad SMARTS) is 1. The van der Waals surface area contributed by atoms with E-state index in [4.69, 9.17) is 5.11 Å². The van der Waals surface area contributed by atoms with Crippen molar-refractivity contribution in [2.24, 2.45) is 0 Å². The third-order valence-electron chi connectivity index (χ3n) is 2.23. The molecule has 4 heteroatoms. The van der Waals surface area contributed by atoms with E-state index in [9.17, 15) is 4.79 Å². The summed E-state index contributed by atoms with van der Waals surface area (Å²) >= 11 is 3.16. The first-order chi connectivity index (χ1) is 8.25. The van der Waals surface area contributed by atoms with E-state index in [1.54, 1.807) is 17.8 Å². The quantitative estimate of drug-likeness (QED) is 0.890. The van der Waals surface area contributed by atoms with E-state index >= 15 is 0 Å². The highest BCUT2D eigenvalue weighted by atomic mass is 32.2. The molecule has 0 unspecified atom stereocenters. The average molecular weight is 264 g/mol. The van der Waals surface area contributed by atoms with E-state index in [1.807, 2.05) is 24.3 Å². The van der Waals surface area contributed by atoms with Crippen LogP contribution in [0.5, 0.6) is 0 Å². The van der Waals surface area contributed by atoms with Gasteiger partial charge in [-0.05, 0) is 17.7 Å². The van der Waals surface area contributed by atoms with Crippen molar-refractivity contribution >= 4 is 29.1 Å². The van der Waals surface area contributed by atoms with Gasteiger partial charge < -0.3 is 5.11 Å². The monoisotopic (exact) mass is 264 g/mol. The molecular formula is C13H12O2S2. The number of hydrogen-bond donors (Lipinski definition) is 1. The molecule has 0 amide bonds. The van der Waals surface area contributed by atoms with Crippen molar-refractivity contribution in [1.29, 1.82) is 0 Å². The van der Waals surface area contributed by atoms with Crippen molar-refractivity contribution in [2.45, 2.75) is 11.5 Å². The Morgan fingerprint density at radius 1 is 1.12 bits per heavy atom. The normalized spacial score (nSPS) is 10.4. The summed E-state index contributed by atoms with van der Waals surface area (Å²) in [6, 6.07) is 13.8. The minimum absolute atomic E-state index is 0.417. The van der Waals surface area contributed by atoms with Crippen LogP contribution in [0, 0.1) is 0 Å². The van der Waals surface area contributed by atoms with Gasteiger partial charge in [-0.3, -0.25) is 0 Å². The fourth-order valence-corrected chi connectivity index (χ4v) is 3.37. The molecule has 1 aromatic heterocycles. The molecule has 0 saturated heterocycles. The highest BCUT2D eigenvalue weighted by Gasteiger charge is 2.06. The first-order valence-electron chi connectivity index (χ1n) is 5.19. The Labute approximate surface area is 108 Å². The minimum atomic E-state index is -0.839. The summed E-state index contributed by atoms with van der Waals surface area (Å²) in [5, 5.41) is 8.81. The molecule has 0 aliphatic heterocycles. The van der Waals surface area contributed by atoms with Crippen molar-refractivity contribution in [1.82, 2.24) is 0 Å². The molecule has 1 aromatic carbocycles. The summed E-state index contributed by atoms with van der Waals surface area (Å²) in [6.45, 7) is 0. The molecular weight excluding hydrogens is 252 g/mol. The zero-order valence-corrected chi connectivity index (χ0v) is 10.8. The summed E-state index contributed by atoms with van der Waals surface area (Å²) in [7, 11) is 0.